The number of carboxylic acids is 1. The highest BCUT2D eigenvalue weighted by molar-refractivity contribution is 5.78. The van der Waals surface area contributed by atoms with Gasteiger partial charge in [0.2, 0.25) is 0 Å². The van der Waals surface area contributed by atoms with Crippen LogP contribution in [-0.2, 0) is 4.79 Å². The van der Waals surface area contributed by atoms with Crippen molar-refractivity contribution in [2.75, 3.05) is 0 Å². The van der Waals surface area contributed by atoms with Gasteiger partial charge in [-0.05, 0) is 13.3 Å². The number of aliphatic carboxylic acids is 1. The Kier molecular flexibility index (Phi) is 7.40. The molecule has 0 rings (SSSR count). The van der Waals surface area contributed by atoms with Gasteiger partial charge in [-0.3, -0.25) is 0 Å². The number of hydrogen-bond donors (Lipinski definition) is 4. The first kappa shape index (κ1) is 14.6. The van der Waals surface area contributed by atoms with E-state index >= 15 is 0 Å². The van der Waals surface area contributed by atoms with Crippen LogP contribution in [0.5, 0.6) is 0 Å². The van der Waals surface area contributed by atoms with Crippen molar-refractivity contribution in [2.24, 2.45) is 5.73 Å². The van der Waals surface area contributed by atoms with Crippen molar-refractivity contribution in [1.82, 2.24) is 0 Å². The molecule has 0 aliphatic heterocycles. The second kappa shape index (κ2) is 6.59. The van der Waals surface area contributed by atoms with Gasteiger partial charge in [0.05, 0.1) is 6.04 Å². The summed E-state index contributed by atoms with van der Waals surface area (Å²) in [6.07, 6.45) is 1.10. The van der Waals surface area contributed by atoms with Crippen molar-refractivity contribution in [3.05, 3.63) is 12.7 Å². The summed E-state index contributed by atoms with van der Waals surface area (Å²) in [4.78, 5) is 9.25. The minimum absolute atomic E-state index is 0.269. The summed E-state index contributed by atoms with van der Waals surface area (Å²) in [6, 6.07) is -0.576. The smallest absolute Gasteiger partial charge is 0.327 e. The monoisotopic (exact) mass is 191 g/mol. The van der Waals surface area contributed by atoms with E-state index in [0.717, 1.165) is 6.08 Å². The zero-order valence-electron chi connectivity index (χ0n) is 7.90. The number of rotatable bonds is 3. The van der Waals surface area contributed by atoms with E-state index in [1.165, 1.54) is 0 Å². The van der Waals surface area contributed by atoms with Crippen molar-refractivity contribution >= 4 is 5.97 Å². The van der Waals surface area contributed by atoms with E-state index in [2.05, 4.69) is 6.58 Å². The Bertz CT molecular complexity index is 166. The molecule has 0 heterocycles. The molecule has 5 N–H and O–H groups in total. The molecular formula is C8H17NO4. The Labute approximate surface area is 77.5 Å². The maximum atomic E-state index is 9.25. The Morgan fingerprint density at radius 1 is 1.69 bits per heavy atom. The van der Waals surface area contributed by atoms with E-state index < -0.39 is 17.8 Å². The first-order valence-corrected chi connectivity index (χ1v) is 3.83. The van der Waals surface area contributed by atoms with Crippen molar-refractivity contribution in [1.29, 1.82) is 0 Å². The lowest BCUT2D eigenvalue weighted by Crippen LogP contribution is -2.45. The van der Waals surface area contributed by atoms with Crippen molar-refractivity contribution in [3.8, 4) is 0 Å². The third-order valence-electron chi connectivity index (χ3n) is 1.42. The van der Waals surface area contributed by atoms with Crippen LogP contribution in [0.2, 0.25) is 0 Å². The summed E-state index contributed by atoms with van der Waals surface area (Å²) in [5, 5.41) is 25.3. The van der Waals surface area contributed by atoms with Crippen molar-refractivity contribution in [3.63, 3.8) is 0 Å². The van der Waals surface area contributed by atoms with Gasteiger partial charge in [0.1, 0.15) is 0 Å². The van der Waals surface area contributed by atoms with E-state index in [4.69, 9.17) is 21.1 Å². The lowest BCUT2D eigenvalue weighted by molar-refractivity contribution is -0.174. The van der Waals surface area contributed by atoms with Crippen LogP contribution < -0.4 is 5.73 Å². The maximum Gasteiger partial charge on any atom is 0.327 e. The highest BCUT2D eigenvalue weighted by Gasteiger charge is 2.24. The number of aliphatic hydroxyl groups is 2. The molecule has 0 fully saturated rings. The molecule has 5 nitrogen and oxygen atoms in total. The number of hydrogen-bond acceptors (Lipinski definition) is 4. The van der Waals surface area contributed by atoms with Gasteiger partial charge in [-0.15, -0.1) is 0 Å². The highest BCUT2D eigenvalue weighted by atomic mass is 16.5. The fourth-order valence-corrected chi connectivity index (χ4v) is 0.322. The predicted octanol–water partition coefficient (Wildman–Crippen LogP) is -0.319. The Balaban J connectivity index is 0. The minimum Gasteiger partial charge on any atom is -0.478 e. The average Bonchev–Trinajstić information content (AvgIpc) is 2.05. The molecule has 5 heteroatoms. The first-order valence-electron chi connectivity index (χ1n) is 3.83. The zero-order chi connectivity index (χ0) is 11.1. The molecule has 13 heavy (non-hydrogen) atoms. The van der Waals surface area contributed by atoms with Crippen LogP contribution in [0.4, 0.5) is 0 Å². The van der Waals surface area contributed by atoms with Crippen LogP contribution in [-0.4, -0.2) is 33.1 Å². The molecule has 0 aromatic carbocycles. The fraction of sp³-hybridized carbons (Fsp3) is 0.625. The van der Waals surface area contributed by atoms with E-state index in [9.17, 15) is 4.79 Å². The van der Waals surface area contributed by atoms with Crippen molar-refractivity contribution < 1.29 is 20.1 Å². The second-order valence-electron chi connectivity index (χ2n) is 2.56. The highest BCUT2D eigenvalue weighted by Crippen LogP contribution is 2.07. The normalized spacial score (nSPS) is 12.4. The zero-order valence-corrected chi connectivity index (χ0v) is 7.90. The Hall–Kier alpha value is -0.910. The molecule has 1 unspecified atom stereocenters. The summed E-state index contributed by atoms with van der Waals surface area (Å²) in [7, 11) is 0. The van der Waals surface area contributed by atoms with Crippen LogP contribution in [0.15, 0.2) is 12.7 Å². The SMILES string of the molecule is C=CC(=O)O.CCC(O)(O)C(C)N. The number of carbonyl (C=O) groups is 1. The largest absolute Gasteiger partial charge is 0.478 e. The molecule has 1 atom stereocenters. The van der Waals surface area contributed by atoms with Crippen LogP contribution in [0.1, 0.15) is 20.3 Å². The molecule has 0 saturated heterocycles. The third-order valence-corrected chi connectivity index (χ3v) is 1.42. The molecule has 0 saturated carbocycles. The third kappa shape index (κ3) is 9.00. The Morgan fingerprint density at radius 3 is 2.00 bits per heavy atom. The Morgan fingerprint density at radius 2 is 2.00 bits per heavy atom. The van der Waals surface area contributed by atoms with Gasteiger partial charge >= 0.3 is 5.97 Å². The first-order chi connectivity index (χ1) is 5.77. The number of nitrogens with two attached hydrogens (primary N) is 1. The molecule has 0 amide bonds. The van der Waals surface area contributed by atoms with Gasteiger partial charge in [-0.2, -0.15) is 0 Å². The second-order valence-corrected chi connectivity index (χ2v) is 2.56. The molecule has 0 spiro atoms. The summed E-state index contributed by atoms with van der Waals surface area (Å²) in [6.45, 7) is 6.19. The predicted molar refractivity (Wildman–Crippen MR) is 48.9 cm³/mol. The van der Waals surface area contributed by atoms with Gasteiger partial charge in [-0.1, -0.05) is 13.5 Å². The van der Waals surface area contributed by atoms with Crippen LogP contribution in [0.3, 0.4) is 0 Å². The molecular weight excluding hydrogens is 174 g/mol. The van der Waals surface area contributed by atoms with E-state index in [0.29, 0.717) is 0 Å². The molecule has 0 aliphatic carbocycles. The van der Waals surface area contributed by atoms with Gasteiger partial charge in [-0.25, -0.2) is 4.79 Å². The van der Waals surface area contributed by atoms with Crippen molar-refractivity contribution in [2.45, 2.75) is 32.1 Å². The van der Waals surface area contributed by atoms with E-state index in [1.807, 2.05) is 0 Å². The van der Waals surface area contributed by atoms with E-state index in [1.54, 1.807) is 13.8 Å². The molecule has 0 bridgehead atoms. The summed E-state index contributed by atoms with van der Waals surface area (Å²) in [5.74, 6) is -2.66. The lowest BCUT2D eigenvalue weighted by Gasteiger charge is -2.23. The standard InChI is InChI=1S/C5H13NO2.C3H4O2/c1-3-5(7,8)4(2)6;1-2-3(4)5/h4,7-8H,3,6H2,1-2H3;2H,1H2,(H,4,5). The molecule has 0 aromatic rings. The van der Waals surface area contributed by atoms with Gasteiger partial charge in [0.25, 0.3) is 0 Å². The maximum absolute atomic E-state index is 9.25. The van der Waals surface area contributed by atoms with Gasteiger partial charge < -0.3 is 21.1 Å². The van der Waals surface area contributed by atoms with Gasteiger partial charge in [0.15, 0.2) is 5.79 Å². The minimum atomic E-state index is -1.68. The fourth-order valence-electron chi connectivity index (χ4n) is 0.322. The van der Waals surface area contributed by atoms with Crippen LogP contribution in [0.25, 0.3) is 0 Å². The lowest BCUT2D eigenvalue weighted by atomic mass is 10.1. The number of carboxylic acid groups (broad SMARTS) is 1. The van der Waals surface area contributed by atoms with E-state index in [-0.39, 0.29) is 6.42 Å². The summed E-state index contributed by atoms with van der Waals surface area (Å²) >= 11 is 0. The average molecular weight is 191 g/mol. The quantitative estimate of drug-likeness (QED) is 0.361. The van der Waals surface area contributed by atoms with Crippen LogP contribution in [0, 0.1) is 0 Å². The van der Waals surface area contributed by atoms with Gasteiger partial charge in [0, 0.05) is 6.08 Å². The topological polar surface area (TPSA) is 104 Å². The molecule has 0 aliphatic rings. The van der Waals surface area contributed by atoms with Crippen LogP contribution >= 0.6 is 0 Å². The summed E-state index contributed by atoms with van der Waals surface area (Å²) in [5.41, 5.74) is 5.18. The molecule has 0 aromatic heterocycles. The molecule has 78 valence electrons. The molecule has 0 radical (unpaired) electrons. The summed E-state index contributed by atoms with van der Waals surface area (Å²) < 4.78 is 0.